The Balaban J connectivity index is 1.59. The van der Waals surface area contributed by atoms with Gasteiger partial charge in [-0.3, -0.25) is 18.6 Å². The molecule has 0 aliphatic carbocycles. The van der Waals surface area contributed by atoms with Gasteiger partial charge in [0.25, 0.3) is 0 Å². The third-order valence-electron chi connectivity index (χ3n) is 5.12. The Morgan fingerprint density at radius 3 is 2.76 bits per heavy atom. The van der Waals surface area contributed by atoms with Crippen LogP contribution in [0.5, 0.6) is 5.75 Å². The SMILES string of the molecule is CC[C@H](Sc1nnc2c(=O)n(-c3cccc(OC)c3)ccn12)C(=O)Nc1ccc(C)c(Cl)c1. The van der Waals surface area contributed by atoms with E-state index in [-0.39, 0.29) is 17.1 Å². The zero-order chi connectivity index (χ0) is 23.5. The Kier molecular flexibility index (Phi) is 6.71. The number of carbonyl (C=O) groups is 1. The lowest BCUT2D eigenvalue weighted by molar-refractivity contribution is -0.115. The van der Waals surface area contributed by atoms with Crippen molar-refractivity contribution in [1.29, 1.82) is 0 Å². The summed E-state index contributed by atoms with van der Waals surface area (Å²) in [5.41, 5.74) is 2.06. The van der Waals surface area contributed by atoms with E-state index in [0.717, 1.165) is 5.56 Å². The van der Waals surface area contributed by atoms with Crippen LogP contribution in [0.25, 0.3) is 11.3 Å². The van der Waals surface area contributed by atoms with Gasteiger partial charge < -0.3 is 10.1 Å². The van der Waals surface area contributed by atoms with Crippen molar-refractivity contribution in [1.82, 2.24) is 19.2 Å². The van der Waals surface area contributed by atoms with E-state index >= 15 is 0 Å². The van der Waals surface area contributed by atoms with Gasteiger partial charge in [0.15, 0.2) is 5.16 Å². The van der Waals surface area contributed by atoms with Gasteiger partial charge in [-0.2, -0.15) is 0 Å². The predicted molar refractivity (Wildman–Crippen MR) is 130 cm³/mol. The topological polar surface area (TPSA) is 90.5 Å². The molecule has 1 N–H and O–H groups in total. The first kappa shape index (κ1) is 22.9. The second kappa shape index (κ2) is 9.68. The summed E-state index contributed by atoms with van der Waals surface area (Å²) in [5.74, 6) is 0.465. The quantitative estimate of drug-likeness (QED) is 0.393. The van der Waals surface area contributed by atoms with Crippen LogP contribution < -0.4 is 15.6 Å². The number of halogens is 1. The second-order valence-corrected chi connectivity index (χ2v) is 8.90. The van der Waals surface area contributed by atoms with Gasteiger partial charge in [0.2, 0.25) is 11.6 Å². The molecule has 0 aliphatic heterocycles. The highest BCUT2D eigenvalue weighted by Crippen LogP contribution is 2.26. The van der Waals surface area contributed by atoms with Crippen molar-refractivity contribution in [2.75, 3.05) is 12.4 Å². The highest BCUT2D eigenvalue weighted by Gasteiger charge is 2.22. The fourth-order valence-electron chi connectivity index (χ4n) is 3.25. The van der Waals surface area contributed by atoms with Crippen LogP contribution in [-0.2, 0) is 4.79 Å². The molecule has 2 aromatic carbocycles. The van der Waals surface area contributed by atoms with Crippen molar-refractivity contribution in [2.45, 2.75) is 30.7 Å². The van der Waals surface area contributed by atoms with Gasteiger partial charge in [-0.05, 0) is 43.2 Å². The van der Waals surface area contributed by atoms with Crippen molar-refractivity contribution < 1.29 is 9.53 Å². The third kappa shape index (κ3) is 4.74. The van der Waals surface area contributed by atoms with E-state index < -0.39 is 5.25 Å². The molecule has 0 saturated heterocycles. The summed E-state index contributed by atoms with van der Waals surface area (Å²) in [6.45, 7) is 3.82. The summed E-state index contributed by atoms with van der Waals surface area (Å²) in [5, 5.41) is 11.8. The monoisotopic (exact) mass is 483 g/mol. The summed E-state index contributed by atoms with van der Waals surface area (Å²) >= 11 is 7.42. The Hall–Kier alpha value is -3.30. The number of aromatic nitrogens is 4. The molecule has 0 fully saturated rings. The Morgan fingerprint density at radius 1 is 1.21 bits per heavy atom. The Bertz CT molecular complexity index is 1380. The van der Waals surface area contributed by atoms with Crippen LogP contribution in [0.15, 0.2) is 64.8 Å². The lowest BCUT2D eigenvalue weighted by Gasteiger charge is -2.14. The van der Waals surface area contributed by atoms with Crippen molar-refractivity contribution >= 4 is 40.6 Å². The van der Waals surface area contributed by atoms with Crippen molar-refractivity contribution in [2.24, 2.45) is 0 Å². The lowest BCUT2D eigenvalue weighted by atomic mass is 10.2. The molecule has 0 bridgehead atoms. The molecule has 4 rings (SSSR count). The highest BCUT2D eigenvalue weighted by atomic mass is 35.5. The summed E-state index contributed by atoms with van der Waals surface area (Å²) in [6.07, 6.45) is 3.92. The number of ether oxygens (including phenoxy) is 1. The van der Waals surface area contributed by atoms with Crippen LogP contribution in [0, 0.1) is 6.92 Å². The van der Waals surface area contributed by atoms with Crippen LogP contribution >= 0.6 is 23.4 Å². The number of nitrogens with zero attached hydrogens (tertiary/aromatic N) is 4. The van der Waals surface area contributed by atoms with Crippen LogP contribution in [0.4, 0.5) is 5.69 Å². The minimum absolute atomic E-state index is 0.170. The molecule has 0 unspecified atom stereocenters. The Labute approximate surface area is 199 Å². The number of nitrogens with one attached hydrogen (secondary N) is 1. The van der Waals surface area contributed by atoms with Gasteiger partial charge >= 0.3 is 5.56 Å². The van der Waals surface area contributed by atoms with Crippen LogP contribution in [-0.4, -0.2) is 37.4 Å². The van der Waals surface area contributed by atoms with E-state index in [9.17, 15) is 9.59 Å². The summed E-state index contributed by atoms with van der Waals surface area (Å²) in [7, 11) is 1.57. The molecule has 8 nitrogen and oxygen atoms in total. The number of fused-ring (bicyclic) bond motifs is 1. The van der Waals surface area contributed by atoms with Crippen molar-refractivity contribution in [3.63, 3.8) is 0 Å². The molecule has 0 radical (unpaired) electrons. The minimum atomic E-state index is -0.432. The van der Waals surface area contributed by atoms with Crippen LogP contribution in [0.2, 0.25) is 5.02 Å². The molecule has 170 valence electrons. The van der Waals surface area contributed by atoms with E-state index in [1.807, 2.05) is 32.0 Å². The zero-order valence-electron chi connectivity index (χ0n) is 18.3. The second-order valence-electron chi connectivity index (χ2n) is 7.32. The Morgan fingerprint density at radius 2 is 2.03 bits per heavy atom. The number of carbonyl (C=O) groups excluding carboxylic acids is 1. The highest BCUT2D eigenvalue weighted by molar-refractivity contribution is 8.00. The number of hydrogen-bond donors (Lipinski definition) is 1. The summed E-state index contributed by atoms with van der Waals surface area (Å²) in [6, 6.07) is 12.6. The van der Waals surface area contributed by atoms with E-state index in [0.29, 0.717) is 33.7 Å². The molecule has 1 amide bonds. The van der Waals surface area contributed by atoms with Gasteiger partial charge in [0.1, 0.15) is 5.75 Å². The smallest absolute Gasteiger partial charge is 0.300 e. The fourth-order valence-corrected chi connectivity index (χ4v) is 4.37. The number of aryl methyl sites for hydroxylation is 1. The maximum absolute atomic E-state index is 13.0. The zero-order valence-corrected chi connectivity index (χ0v) is 19.9. The maximum Gasteiger partial charge on any atom is 0.300 e. The molecule has 4 aromatic rings. The normalized spacial score (nSPS) is 12.0. The number of benzene rings is 2. The minimum Gasteiger partial charge on any atom is -0.497 e. The van der Waals surface area contributed by atoms with E-state index in [1.165, 1.54) is 16.3 Å². The van der Waals surface area contributed by atoms with E-state index in [4.69, 9.17) is 16.3 Å². The predicted octanol–water partition coefficient (Wildman–Crippen LogP) is 4.36. The van der Waals surface area contributed by atoms with Gasteiger partial charge in [0, 0.05) is 29.2 Å². The third-order valence-corrected chi connectivity index (χ3v) is 6.85. The summed E-state index contributed by atoms with van der Waals surface area (Å²) in [4.78, 5) is 25.9. The first-order chi connectivity index (χ1) is 15.9. The number of hydrogen-bond acceptors (Lipinski definition) is 6. The van der Waals surface area contributed by atoms with Crippen LogP contribution in [0.1, 0.15) is 18.9 Å². The van der Waals surface area contributed by atoms with E-state index in [2.05, 4.69) is 15.5 Å². The molecule has 2 heterocycles. The van der Waals surface area contributed by atoms with Gasteiger partial charge in [-0.1, -0.05) is 42.4 Å². The van der Waals surface area contributed by atoms with Crippen LogP contribution in [0.3, 0.4) is 0 Å². The van der Waals surface area contributed by atoms with Crippen molar-refractivity contribution in [3.8, 4) is 11.4 Å². The number of rotatable bonds is 7. The molecule has 1 atom stereocenters. The average Bonchev–Trinajstić information content (AvgIpc) is 3.23. The van der Waals surface area contributed by atoms with Crippen molar-refractivity contribution in [3.05, 3.63) is 75.8 Å². The van der Waals surface area contributed by atoms with E-state index in [1.54, 1.807) is 48.2 Å². The molecule has 10 heteroatoms. The maximum atomic E-state index is 13.0. The lowest BCUT2D eigenvalue weighted by Crippen LogP contribution is -2.25. The first-order valence-electron chi connectivity index (χ1n) is 10.3. The molecule has 2 aromatic heterocycles. The number of anilines is 1. The molecule has 0 spiro atoms. The average molecular weight is 484 g/mol. The largest absolute Gasteiger partial charge is 0.497 e. The molecule has 33 heavy (non-hydrogen) atoms. The molecule has 0 aliphatic rings. The molecular formula is C23H22ClN5O3S. The number of amides is 1. The number of thioether (sulfide) groups is 1. The molecule has 0 saturated carbocycles. The van der Waals surface area contributed by atoms with Gasteiger partial charge in [-0.25, -0.2) is 0 Å². The first-order valence-corrected chi connectivity index (χ1v) is 11.5. The van der Waals surface area contributed by atoms with Gasteiger partial charge in [0.05, 0.1) is 18.0 Å². The fraction of sp³-hybridized carbons (Fsp3) is 0.217. The molecular weight excluding hydrogens is 462 g/mol. The summed E-state index contributed by atoms with van der Waals surface area (Å²) < 4.78 is 8.32. The van der Waals surface area contributed by atoms with Gasteiger partial charge in [-0.15, -0.1) is 10.2 Å². The standard InChI is InChI=1S/C23H22ClN5O3S/c1-4-19(21(30)25-15-9-8-14(2)18(24)12-15)33-23-27-26-20-22(31)28(10-11-29(20)23)16-6-5-7-17(13-16)32-3/h5-13,19H,4H2,1-3H3,(H,25,30)/t19-/m0/s1. The number of methoxy groups -OCH3 is 1.